The van der Waals surface area contributed by atoms with Crippen molar-refractivity contribution in [3.8, 4) is 5.75 Å². The van der Waals surface area contributed by atoms with Gasteiger partial charge in [-0.2, -0.15) is 0 Å². The molecule has 0 unspecified atom stereocenters. The maximum Gasteiger partial charge on any atom is 0.191 e. The first-order valence-corrected chi connectivity index (χ1v) is 12.2. The zero-order chi connectivity index (χ0) is 21.2. The molecule has 0 radical (unpaired) electrons. The Balaban J connectivity index is 1.44. The largest absolute Gasteiger partial charge is 0.494 e. The first-order chi connectivity index (χ1) is 14.7. The summed E-state index contributed by atoms with van der Waals surface area (Å²) in [5.74, 6) is 3.74. The van der Waals surface area contributed by atoms with Gasteiger partial charge in [-0.1, -0.05) is 47.7 Å². The van der Waals surface area contributed by atoms with E-state index in [1.54, 1.807) is 23.5 Å². The lowest BCUT2D eigenvalue weighted by Crippen LogP contribution is -2.03. The molecule has 0 aliphatic heterocycles. The highest BCUT2D eigenvalue weighted by Crippen LogP contribution is 2.25. The molecule has 0 aliphatic carbocycles. The molecule has 0 saturated heterocycles. The molecule has 4 nitrogen and oxygen atoms in total. The SMILES string of the molecule is C=CCn1c(CSc2ccc(C)cc2)nnc1SCCCCOc1cccc(C)c1. The Bertz CT molecular complexity index is 938. The summed E-state index contributed by atoms with van der Waals surface area (Å²) in [6, 6.07) is 16.8. The predicted molar refractivity (Wildman–Crippen MR) is 128 cm³/mol. The first-order valence-electron chi connectivity index (χ1n) is 10.2. The smallest absolute Gasteiger partial charge is 0.191 e. The summed E-state index contributed by atoms with van der Waals surface area (Å²) in [6.07, 6.45) is 4.00. The van der Waals surface area contributed by atoms with Gasteiger partial charge in [0, 0.05) is 17.2 Å². The molecule has 0 aliphatic rings. The quantitative estimate of drug-likeness (QED) is 0.187. The summed E-state index contributed by atoms with van der Waals surface area (Å²) in [5.41, 5.74) is 2.50. The second-order valence-corrected chi connectivity index (χ2v) is 9.23. The van der Waals surface area contributed by atoms with Crippen molar-refractivity contribution in [1.29, 1.82) is 0 Å². The molecule has 1 aromatic heterocycles. The van der Waals surface area contributed by atoms with Crippen molar-refractivity contribution in [2.45, 2.75) is 49.0 Å². The van der Waals surface area contributed by atoms with E-state index >= 15 is 0 Å². The first kappa shape index (κ1) is 22.5. The van der Waals surface area contributed by atoms with Crippen LogP contribution >= 0.6 is 23.5 Å². The van der Waals surface area contributed by atoms with E-state index < -0.39 is 0 Å². The van der Waals surface area contributed by atoms with Crippen molar-refractivity contribution >= 4 is 23.5 Å². The molecular weight excluding hydrogens is 410 g/mol. The maximum absolute atomic E-state index is 5.83. The van der Waals surface area contributed by atoms with E-state index in [-0.39, 0.29) is 0 Å². The Morgan fingerprint density at radius 2 is 1.83 bits per heavy atom. The summed E-state index contributed by atoms with van der Waals surface area (Å²) in [4.78, 5) is 1.25. The van der Waals surface area contributed by atoms with E-state index in [2.05, 4.69) is 71.6 Å². The van der Waals surface area contributed by atoms with E-state index in [0.29, 0.717) is 0 Å². The van der Waals surface area contributed by atoms with Crippen molar-refractivity contribution in [3.05, 3.63) is 78.1 Å². The van der Waals surface area contributed by atoms with Crippen LogP contribution < -0.4 is 4.74 Å². The summed E-state index contributed by atoms with van der Waals surface area (Å²) in [5, 5.41) is 9.82. The number of hydrogen-bond donors (Lipinski definition) is 0. The number of rotatable bonds is 12. The van der Waals surface area contributed by atoms with Gasteiger partial charge >= 0.3 is 0 Å². The third kappa shape index (κ3) is 6.96. The van der Waals surface area contributed by atoms with Gasteiger partial charge in [-0.3, -0.25) is 0 Å². The van der Waals surface area contributed by atoms with Gasteiger partial charge in [0.25, 0.3) is 0 Å². The van der Waals surface area contributed by atoms with Crippen molar-refractivity contribution in [2.24, 2.45) is 0 Å². The highest BCUT2D eigenvalue weighted by atomic mass is 32.2. The molecule has 0 atom stereocenters. The van der Waals surface area contributed by atoms with E-state index in [4.69, 9.17) is 4.74 Å². The van der Waals surface area contributed by atoms with Gasteiger partial charge in [0.05, 0.1) is 12.4 Å². The fourth-order valence-corrected chi connectivity index (χ4v) is 4.69. The molecule has 0 bridgehead atoms. The van der Waals surface area contributed by atoms with E-state index in [0.717, 1.165) is 54.2 Å². The lowest BCUT2D eigenvalue weighted by Gasteiger charge is -2.08. The third-order valence-electron chi connectivity index (χ3n) is 4.52. The number of ether oxygens (including phenoxy) is 1. The number of aromatic nitrogens is 3. The molecule has 0 saturated carbocycles. The average molecular weight is 440 g/mol. The number of aryl methyl sites for hydroxylation is 2. The zero-order valence-electron chi connectivity index (χ0n) is 17.7. The summed E-state index contributed by atoms with van der Waals surface area (Å²) < 4.78 is 8.00. The number of benzene rings is 2. The van der Waals surface area contributed by atoms with Gasteiger partial charge in [-0.15, -0.1) is 28.5 Å². The van der Waals surface area contributed by atoms with E-state index in [1.165, 1.54) is 16.0 Å². The third-order valence-corrected chi connectivity index (χ3v) is 6.58. The molecular formula is C24H29N3OS2. The van der Waals surface area contributed by atoms with E-state index in [1.807, 2.05) is 18.2 Å². The van der Waals surface area contributed by atoms with Crippen molar-refractivity contribution in [2.75, 3.05) is 12.4 Å². The Morgan fingerprint density at radius 1 is 1.00 bits per heavy atom. The molecule has 0 amide bonds. The van der Waals surface area contributed by atoms with Gasteiger partial charge < -0.3 is 9.30 Å². The summed E-state index contributed by atoms with van der Waals surface area (Å²) in [7, 11) is 0. The zero-order valence-corrected chi connectivity index (χ0v) is 19.3. The second-order valence-electron chi connectivity index (χ2n) is 7.12. The monoisotopic (exact) mass is 439 g/mol. The average Bonchev–Trinajstić information content (AvgIpc) is 3.12. The van der Waals surface area contributed by atoms with Gasteiger partial charge in [-0.05, 0) is 56.5 Å². The van der Waals surface area contributed by atoms with Gasteiger partial charge in [0.2, 0.25) is 0 Å². The van der Waals surface area contributed by atoms with Crippen LogP contribution in [0.5, 0.6) is 5.75 Å². The van der Waals surface area contributed by atoms with Crippen LogP contribution in [-0.4, -0.2) is 27.1 Å². The van der Waals surface area contributed by atoms with Crippen LogP contribution in [0.25, 0.3) is 0 Å². The van der Waals surface area contributed by atoms with Gasteiger partial charge in [-0.25, -0.2) is 0 Å². The molecule has 30 heavy (non-hydrogen) atoms. The lowest BCUT2D eigenvalue weighted by molar-refractivity contribution is 0.309. The topological polar surface area (TPSA) is 39.9 Å². The van der Waals surface area contributed by atoms with Gasteiger partial charge in [0.1, 0.15) is 11.6 Å². The standard InChI is InChI=1S/C24H29N3OS2/c1-4-14-27-23(18-30-22-12-10-19(2)11-13-22)25-26-24(27)29-16-6-5-15-28-21-9-7-8-20(3)17-21/h4,7-13,17H,1,5-6,14-16,18H2,2-3H3. The van der Waals surface area contributed by atoms with Crippen molar-refractivity contribution in [1.82, 2.24) is 14.8 Å². The Morgan fingerprint density at radius 3 is 2.60 bits per heavy atom. The lowest BCUT2D eigenvalue weighted by atomic mass is 10.2. The second kappa shape index (κ2) is 11.9. The molecule has 3 rings (SSSR count). The Labute approximate surface area is 188 Å². The molecule has 6 heteroatoms. The predicted octanol–water partition coefficient (Wildman–Crippen LogP) is 6.32. The van der Waals surface area contributed by atoms with Crippen LogP contribution in [0.15, 0.2) is 71.2 Å². The number of allylic oxidation sites excluding steroid dienone is 1. The van der Waals surface area contributed by atoms with Gasteiger partial charge in [0.15, 0.2) is 5.16 Å². The highest BCUT2D eigenvalue weighted by Gasteiger charge is 2.12. The van der Waals surface area contributed by atoms with Crippen LogP contribution in [0.3, 0.4) is 0 Å². The number of nitrogens with zero attached hydrogens (tertiary/aromatic N) is 3. The Hall–Kier alpha value is -2.18. The minimum Gasteiger partial charge on any atom is -0.494 e. The molecule has 0 N–H and O–H groups in total. The van der Waals surface area contributed by atoms with Crippen molar-refractivity contribution < 1.29 is 4.74 Å². The van der Waals surface area contributed by atoms with Crippen LogP contribution in [-0.2, 0) is 12.3 Å². The normalized spacial score (nSPS) is 10.9. The number of thioether (sulfide) groups is 2. The number of unbranched alkanes of at least 4 members (excludes halogenated alkanes) is 1. The molecule has 0 fully saturated rings. The summed E-state index contributed by atoms with van der Waals surface area (Å²) in [6.45, 7) is 9.55. The maximum atomic E-state index is 5.83. The fourth-order valence-electron chi connectivity index (χ4n) is 2.89. The highest BCUT2D eigenvalue weighted by molar-refractivity contribution is 7.99. The van der Waals surface area contributed by atoms with Crippen LogP contribution in [0, 0.1) is 13.8 Å². The summed E-state index contributed by atoms with van der Waals surface area (Å²) >= 11 is 3.54. The van der Waals surface area contributed by atoms with Crippen LogP contribution in [0.2, 0.25) is 0 Å². The molecule has 1 heterocycles. The number of hydrogen-bond acceptors (Lipinski definition) is 5. The van der Waals surface area contributed by atoms with Crippen LogP contribution in [0.1, 0.15) is 29.8 Å². The minimum absolute atomic E-state index is 0.732. The fraction of sp³-hybridized carbons (Fsp3) is 0.333. The minimum atomic E-state index is 0.732. The molecule has 2 aromatic carbocycles. The van der Waals surface area contributed by atoms with Crippen molar-refractivity contribution in [3.63, 3.8) is 0 Å². The van der Waals surface area contributed by atoms with Crippen LogP contribution in [0.4, 0.5) is 0 Å². The molecule has 0 spiro atoms. The molecule has 3 aromatic rings. The Kier molecular flexibility index (Phi) is 8.90. The van der Waals surface area contributed by atoms with E-state index in [9.17, 15) is 0 Å². The molecule has 158 valence electrons.